The zero-order chi connectivity index (χ0) is 14.0. The van der Waals surface area contributed by atoms with Gasteiger partial charge in [-0.1, -0.05) is 0 Å². The molecule has 0 fully saturated rings. The van der Waals surface area contributed by atoms with Crippen LogP contribution in [0.3, 0.4) is 0 Å². The molecule has 5 nitrogen and oxygen atoms in total. The number of carbonyl (C=O) groups is 1. The van der Waals surface area contributed by atoms with E-state index >= 15 is 0 Å². The molecule has 0 saturated carbocycles. The summed E-state index contributed by atoms with van der Waals surface area (Å²) >= 11 is 1.23. The van der Waals surface area contributed by atoms with Gasteiger partial charge in [-0.15, -0.1) is 11.3 Å². The lowest BCUT2D eigenvalue weighted by atomic mass is 10.2. The number of thiazole rings is 1. The second kappa shape index (κ2) is 5.27. The smallest absolute Gasteiger partial charge is 0.349 e. The molecule has 1 aromatic heterocycles. The summed E-state index contributed by atoms with van der Waals surface area (Å²) in [5.74, 6) is 0.0247. The number of aromatic nitrogens is 1. The molecule has 19 heavy (non-hydrogen) atoms. The first kappa shape index (κ1) is 13.4. The average Bonchev–Trinajstić information content (AvgIpc) is 2.80. The first-order chi connectivity index (χ1) is 9.06. The maximum absolute atomic E-state index is 11.5. The SMILES string of the molecule is COC(=O)c1sc(-c2ccc(OC)c(O)c2)nc1C. The summed E-state index contributed by atoms with van der Waals surface area (Å²) in [5.41, 5.74) is 1.34. The number of hydrogen-bond donors (Lipinski definition) is 1. The monoisotopic (exact) mass is 279 g/mol. The second-order valence-corrected chi connectivity index (χ2v) is 4.81. The van der Waals surface area contributed by atoms with Crippen molar-refractivity contribution in [3.63, 3.8) is 0 Å². The van der Waals surface area contributed by atoms with Gasteiger partial charge in [-0.05, 0) is 25.1 Å². The van der Waals surface area contributed by atoms with Crippen LogP contribution in [0.1, 0.15) is 15.4 Å². The molecule has 1 N–H and O–H groups in total. The summed E-state index contributed by atoms with van der Waals surface area (Å²) in [6.07, 6.45) is 0. The predicted molar refractivity (Wildman–Crippen MR) is 71.8 cm³/mol. The fraction of sp³-hybridized carbons (Fsp3) is 0.231. The van der Waals surface area contributed by atoms with Crippen molar-refractivity contribution in [3.8, 4) is 22.1 Å². The fourth-order valence-corrected chi connectivity index (χ4v) is 2.61. The van der Waals surface area contributed by atoms with Crippen LogP contribution in [0.15, 0.2) is 18.2 Å². The van der Waals surface area contributed by atoms with Gasteiger partial charge >= 0.3 is 5.97 Å². The Morgan fingerprint density at radius 2 is 2.11 bits per heavy atom. The number of benzene rings is 1. The van der Waals surface area contributed by atoms with Gasteiger partial charge in [0, 0.05) is 5.56 Å². The second-order valence-electron chi connectivity index (χ2n) is 3.81. The van der Waals surface area contributed by atoms with Gasteiger partial charge in [-0.2, -0.15) is 0 Å². The standard InChI is InChI=1S/C13H13NO4S/c1-7-11(13(16)18-3)19-12(14-7)8-4-5-10(17-2)9(15)6-8/h4-6,15H,1-3H3. The van der Waals surface area contributed by atoms with Gasteiger partial charge in [-0.25, -0.2) is 9.78 Å². The number of esters is 1. The fourth-order valence-electron chi connectivity index (χ4n) is 1.63. The van der Waals surface area contributed by atoms with Crippen LogP contribution in [-0.2, 0) is 4.74 Å². The number of rotatable bonds is 3. The number of aromatic hydroxyl groups is 1. The molecular weight excluding hydrogens is 266 g/mol. The largest absolute Gasteiger partial charge is 0.504 e. The van der Waals surface area contributed by atoms with Crippen LogP contribution < -0.4 is 4.74 Å². The molecule has 0 saturated heterocycles. The van der Waals surface area contributed by atoms with E-state index in [0.717, 1.165) is 5.56 Å². The molecule has 0 bridgehead atoms. The molecule has 0 aliphatic carbocycles. The van der Waals surface area contributed by atoms with E-state index in [-0.39, 0.29) is 5.75 Å². The van der Waals surface area contributed by atoms with Crippen LogP contribution in [0.2, 0.25) is 0 Å². The topological polar surface area (TPSA) is 68.7 Å². The normalized spacial score (nSPS) is 10.3. The molecule has 1 aromatic carbocycles. The van der Waals surface area contributed by atoms with Gasteiger partial charge in [-0.3, -0.25) is 0 Å². The molecule has 0 radical (unpaired) electrons. The molecule has 1 heterocycles. The molecule has 0 unspecified atom stereocenters. The Morgan fingerprint density at radius 1 is 1.37 bits per heavy atom. The number of methoxy groups -OCH3 is 2. The first-order valence-electron chi connectivity index (χ1n) is 5.50. The van der Waals surface area contributed by atoms with Crippen LogP contribution >= 0.6 is 11.3 Å². The van der Waals surface area contributed by atoms with Gasteiger partial charge in [0.15, 0.2) is 11.5 Å². The molecule has 100 valence electrons. The van der Waals surface area contributed by atoms with Crippen molar-refractivity contribution in [1.29, 1.82) is 0 Å². The van der Waals surface area contributed by atoms with E-state index in [1.807, 2.05) is 0 Å². The Kier molecular flexibility index (Phi) is 3.71. The minimum Gasteiger partial charge on any atom is -0.504 e. The number of nitrogens with zero attached hydrogens (tertiary/aromatic N) is 1. The maximum Gasteiger partial charge on any atom is 0.349 e. The van der Waals surface area contributed by atoms with Crippen molar-refractivity contribution >= 4 is 17.3 Å². The minimum absolute atomic E-state index is 0.0347. The van der Waals surface area contributed by atoms with E-state index < -0.39 is 5.97 Å². The van der Waals surface area contributed by atoms with Crippen LogP contribution in [0.4, 0.5) is 0 Å². The Labute approximate surface area is 114 Å². The van der Waals surface area contributed by atoms with E-state index in [1.54, 1.807) is 25.1 Å². The van der Waals surface area contributed by atoms with E-state index in [9.17, 15) is 9.90 Å². The maximum atomic E-state index is 11.5. The zero-order valence-electron chi connectivity index (χ0n) is 10.8. The van der Waals surface area contributed by atoms with Gasteiger partial charge in [0.2, 0.25) is 0 Å². The van der Waals surface area contributed by atoms with Crippen LogP contribution in [-0.4, -0.2) is 30.3 Å². The van der Waals surface area contributed by atoms with Crippen LogP contribution in [0.5, 0.6) is 11.5 Å². The molecule has 0 aliphatic heterocycles. The molecule has 0 atom stereocenters. The minimum atomic E-state index is -0.404. The van der Waals surface area contributed by atoms with Gasteiger partial charge in [0.25, 0.3) is 0 Å². The number of aryl methyl sites for hydroxylation is 1. The Bertz CT molecular complexity index is 621. The van der Waals surface area contributed by atoms with Crippen molar-refractivity contribution in [1.82, 2.24) is 4.98 Å². The molecule has 6 heteroatoms. The molecule has 2 rings (SSSR count). The van der Waals surface area contributed by atoms with Crippen molar-refractivity contribution < 1.29 is 19.4 Å². The van der Waals surface area contributed by atoms with Crippen molar-refractivity contribution in [2.45, 2.75) is 6.92 Å². The lowest BCUT2D eigenvalue weighted by Crippen LogP contribution is -1.99. The van der Waals surface area contributed by atoms with Crippen molar-refractivity contribution in [3.05, 3.63) is 28.8 Å². The lowest BCUT2D eigenvalue weighted by Gasteiger charge is -2.03. The van der Waals surface area contributed by atoms with E-state index in [4.69, 9.17) is 4.74 Å². The highest BCUT2D eigenvalue weighted by Crippen LogP contribution is 2.34. The highest BCUT2D eigenvalue weighted by Gasteiger charge is 2.17. The zero-order valence-corrected chi connectivity index (χ0v) is 11.6. The summed E-state index contributed by atoms with van der Waals surface area (Å²) in [7, 11) is 2.82. The van der Waals surface area contributed by atoms with E-state index in [1.165, 1.54) is 25.6 Å². The summed E-state index contributed by atoms with van der Waals surface area (Å²) in [6.45, 7) is 1.75. The van der Waals surface area contributed by atoms with Gasteiger partial charge < -0.3 is 14.6 Å². The summed E-state index contributed by atoms with van der Waals surface area (Å²) in [5, 5.41) is 10.4. The summed E-state index contributed by atoms with van der Waals surface area (Å²) in [4.78, 5) is 16.3. The van der Waals surface area contributed by atoms with Gasteiger partial charge in [0.05, 0.1) is 19.9 Å². The van der Waals surface area contributed by atoms with Gasteiger partial charge in [0.1, 0.15) is 9.88 Å². The predicted octanol–water partition coefficient (Wildman–Crippen LogP) is 2.62. The number of hydrogen-bond acceptors (Lipinski definition) is 6. The number of ether oxygens (including phenoxy) is 2. The molecular formula is C13H13NO4S. The third kappa shape index (κ3) is 2.53. The van der Waals surface area contributed by atoms with E-state index in [2.05, 4.69) is 9.72 Å². The van der Waals surface area contributed by atoms with Crippen LogP contribution in [0.25, 0.3) is 10.6 Å². The first-order valence-corrected chi connectivity index (χ1v) is 6.31. The number of phenolic OH excluding ortho intramolecular Hbond substituents is 1. The Morgan fingerprint density at radius 3 is 2.68 bits per heavy atom. The quantitative estimate of drug-likeness (QED) is 0.875. The summed E-state index contributed by atoms with van der Waals surface area (Å²) in [6, 6.07) is 4.98. The highest BCUT2D eigenvalue weighted by molar-refractivity contribution is 7.17. The van der Waals surface area contributed by atoms with Crippen molar-refractivity contribution in [2.24, 2.45) is 0 Å². The van der Waals surface area contributed by atoms with E-state index in [0.29, 0.717) is 21.3 Å². The average molecular weight is 279 g/mol. The summed E-state index contributed by atoms with van der Waals surface area (Å²) < 4.78 is 9.67. The molecule has 0 amide bonds. The van der Waals surface area contributed by atoms with Crippen molar-refractivity contribution in [2.75, 3.05) is 14.2 Å². The van der Waals surface area contributed by atoms with Crippen LogP contribution in [0, 0.1) is 6.92 Å². The Balaban J connectivity index is 2.42. The Hall–Kier alpha value is -2.08. The molecule has 0 spiro atoms. The molecule has 2 aromatic rings. The number of carbonyl (C=O) groups excluding carboxylic acids is 1. The lowest BCUT2D eigenvalue weighted by molar-refractivity contribution is 0.0605. The third-order valence-electron chi connectivity index (χ3n) is 2.59. The molecule has 0 aliphatic rings. The number of phenols is 1. The highest BCUT2D eigenvalue weighted by atomic mass is 32.1. The third-order valence-corrected chi connectivity index (χ3v) is 3.78.